The van der Waals surface area contributed by atoms with Crippen LogP contribution in [0, 0.1) is 0 Å². The molecular formula is C16H21NO4. The number of aliphatic carboxylic acids is 2. The lowest BCUT2D eigenvalue weighted by molar-refractivity contribution is -0.159. The van der Waals surface area contributed by atoms with Crippen molar-refractivity contribution in [2.45, 2.75) is 20.4 Å². The number of carbonyl (C=O) groups is 2. The molecule has 0 aliphatic heterocycles. The van der Waals surface area contributed by atoms with Crippen molar-refractivity contribution in [1.82, 2.24) is 4.90 Å². The van der Waals surface area contributed by atoms with Crippen LogP contribution < -0.4 is 0 Å². The van der Waals surface area contributed by atoms with Crippen LogP contribution in [0.3, 0.4) is 0 Å². The Labute approximate surface area is 124 Å². The summed E-state index contributed by atoms with van der Waals surface area (Å²) in [6.07, 6.45) is 2.08. The molecule has 0 aliphatic rings. The Balaban J connectivity index is 0.000000567. The van der Waals surface area contributed by atoms with Gasteiger partial charge >= 0.3 is 11.9 Å². The van der Waals surface area contributed by atoms with E-state index in [2.05, 4.69) is 61.9 Å². The maximum atomic E-state index is 9.10. The van der Waals surface area contributed by atoms with Gasteiger partial charge in [-0.3, -0.25) is 4.90 Å². The minimum Gasteiger partial charge on any atom is -0.473 e. The molecule has 0 radical (unpaired) electrons. The number of hydrogen-bond acceptors (Lipinski definition) is 3. The fraction of sp³-hybridized carbons (Fsp3) is 0.312. The van der Waals surface area contributed by atoms with Crippen LogP contribution in [0.15, 0.2) is 47.7 Å². The third-order valence-corrected chi connectivity index (χ3v) is 2.27. The number of benzene rings is 1. The molecular weight excluding hydrogens is 270 g/mol. The van der Waals surface area contributed by atoms with Gasteiger partial charge < -0.3 is 10.2 Å². The molecule has 0 heterocycles. The van der Waals surface area contributed by atoms with Gasteiger partial charge in [-0.15, -0.1) is 5.73 Å². The maximum absolute atomic E-state index is 9.10. The van der Waals surface area contributed by atoms with Crippen molar-refractivity contribution in [3.63, 3.8) is 0 Å². The monoisotopic (exact) mass is 291 g/mol. The Morgan fingerprint density at radius 3 is 2.10 bits per heavy atom. The number of hydrogen-bond donors (Lipinski definition) is 2. The van der Waals surface area contributed by atoms with Crippen molar-refractivity contribution < 1.29 is 19.8 Å². The van der Waals surface area contributed by atoms with Crippen LogP contribution in [0.4, 0.5) is 0 Å². The van der Waals surface area contributed by atoms with Gasteiger partial charge in [-0.2, -0.15) is 0 Å². The average molecular weight is 291 g/mol. The first-order valence-corrected chi connectivity index (χ1v) is 6.40. The molecule has 5 nitrogen and oxygen atoms in total. The largest absolute Gasteiger partial charge is 0.473 e. The Kier molecular flexibility index (Phi) is 9.26. The van der Waals surface area contributed by atoms with Crippen molar-refractivity contribution in [3.8, 4) is 0 Å². The second-order valence-corrected chi connectivity index (χ2v) is 4.64. The predicted octanol–water partition coefficient (Wildman–Crippen LogP) is 2.40. The van der Waals surface area contributed by atoms with Crippen molar-refractivity contribution in [2.75, 3.05) is 13.6 Å². The van der Waals surface area contributed by atoms with Gasteiger partial charge in [0.1, 0.15) is 0 Å². The minimum absolute atomic E-state index is 0.945. The predicted molar refractivity (Wildman–Crippen MR) is 81.0 cm³/mol. The molecule has 0 spiro atoms. The highest BCUT2D eigenvalue weighted by Crippen LogP contribution is 2.02. The van der Waals surface area contributed by atoms with E-state index in [9.17, 15) is 0 Å². The van der Waals surface area contributed by atoms with Gasteiger partial charge in [0.2, 0.25) is 0 Å². The third-order valence-electron chi connectivity index (χ3n) is 2.27. The first-order chi connectivity index (χ1) is 9.82. The molecule has 0 amide bonds. The molecule has 114 valence electrons. The summed E-state index contributed by atoms with van der Waals surface area (Å²) >= 11 is 0. The van der Waals surface area contributed by atoms with Crippen LogP contribution >= 0.6 is 0 Å². The standard InChI is InChI=1S/C14H19N.C2H2O4/c1-13(2)8-7-11-15(3)12-14-9-5-4-6-10-14;3-1(4)2(5)6/h4-7,9-10H,11-12H2,1-3H3;(H,3,4)(H,5,6). The van der Waals surface area contributed by atoms with E-state index >= 15 is 0 Å². The van der Waals surface area contributed by atoms with Crippen molar-refractivity contribution in [2.24, 2.45) is 0 Å². The molecule has 0 bridgehead atoms. The zero-order chi connectivity index (χ0) is 16.3. The van der Waals surface area contributed by atoms with Gasteiger partial charge in [-0.05, 0) is 38.1 Å². The van der Waals surface area contributed by atoms with Crippen molar-refractivity contribution >= 4 is 11.9 Å². The third kappa shape index (κ3) is 11.2. The summed E-state index contributed by atoms with van der Waals surface area (Å²) in [4.78, 5) is 20.5. The first kappa shape index (κ1) is 18.6. The summed E-state index contributed by atoms with van der Waals surface area (Å²) in [6, 6.07) is 10.5. The van der Waals surface area contributed by atoms with Gasteiger partial charge in [0.15, 0.2) is 0 Å². The lowest BCUT2D eigenvalue weighted by Gasteiger charge is -2.13. The number of rotatable bonds is 4. The second kappa shape index (κ2) is 10.4. The van der Waals surface area contributed by atoms with E-state index < -0.39 is 11.9 Å². The summed E-state index contributed by atoms with van der Waals surface area (Å²) in [5.41, 5.74) is 5.79. The fourth-order valence-electron chi connectivity index (χ4n) is 1.37. The molecule has 0 atom stereocenters. The fourth-order valence-corrected chi connectivity index (χ4v) is 1.37. The molecule has 21 heavy (non-hydrogen) atoms. The Bertz CT molecular complexity index is 500. The number of nitrogens with zero attached hydrogens (tertiary/aromatic N) is 1. The van der Waals surface area contributed by atoms with Crippen molar-refractivity contribution in [3.05, 3.63) is 53.3 Å². The normalized spacial score (nSPS) is 9.14. The summed E-state index contributed by atoms with van der Waals surface area (Å²) in [5.74, 6) is -3.65. The van der Waals surface area contributed by atoms with Crippen molar-refractivity contribution in [1.29, 1.82) is 0 Å². The maximum Gasteiger partial charge on any atom is 0.414 e. The number of carboxylic acid groups (broad SMARTS) is 2. The number of likely N-dealkylation sites (N-methyl/N-ethyl adjacent to an activating group) is 1. The number of carboxylic acids is 2. The smallest absolute Gasteiger partial charge is 0.414 e. The average Bonchev–Trinajstić information content (AvgIpc) is 2.40. The summed E-state index contributed by atoms with van der Waals surface area (Å²) in [6.45, 7) is 6.06. The lowest BCUT2D eigenvalue weighted by atomic mass is 10.2. The minimum atomic E-state index is -1.82. The van der Waals surface area contributed by atoms with Crippen LogP contribution in [-0.4, -0.2) is 40.6 Å². The van der Waals surface area contributed by atoms with E-state index in [0.717, 1.165) is 13.1 Å². The Morgan fingerprint density at radius 1 is 1.14 bits per heavy atom. The van der Waals surface area contributed by atoms with Crippen LogP contribution in [0.25, 0.3) is 0 Å². The van der Waals surface area contributed by atoms with Crippen LogP contribution in [0.1, 0.15) is 19.4 Å². The molecule has 0 saturated heterocycles. The van der Waals surface area contributed by atoms with E-state index in [1.807, 2.05) is 6.07 Å². The van der Waals surface area contributed by atoms with Gasteiger partial charge in [-0.25, -0.2) is 9.59 Å². The lowest BCUT2D eigenvalue weighted by Crippen LogP contribution is -2.17. The van der Waals surface area contributed by atoms with Crippen LogP contribution in [0.5, 0.6) is 0 Å². The molecule has 0 fully saturated rings. The van der Waals surface area contributed by atoms with Gasteiger partial charge in [0.05, 0.1) is 0 Å². The van der Waals surface area contributed by atoms with Crippen LogP contribution in [-0.2, 0) is 16.1 Å². The Morgan fingerprint density at radius 2 is 1.67 bits per heavy atom. The quantitative estimate of drug-likeness (QED) is 0.658. The molecule has 1 aromatic rings. The van der Waals surface area contributed by atoms with Crippen LogP contribution in [0.2, 0.25) is 0 Å². The van der Waals surface area contributed by atoms with E-state index in [4.69, 9.17) is 19.8 Å². The highest BCUT2D eigenvalue weighted by atomic mass is 16.4. The highest BCUT2D eigenvalue weighted by Gasteiger charge is 2.04. The van der Waals surface area contributed by atoms with E-state index in [1.54, 1.807) is 0 Å². The molecule has 0 aromatic heterocycles. The van der Waals surface area contributed by atoms with E-state index in [-0.39, 0.29) is 0 Å². The highest BCUT2D eigenvalue weighted by molar-refractivity contribution is 6.27. The molecule has 1 rings (SSSR count). The van der Waals surface area contributed by atoms with E-state index in [0.29, 0.717) is 0 Å². The topological polar surface area (TPSA) is 77.8 Å². The van der Waals surface area contributed by atoms with E-state index in [1.165, 1.54) is 11.1 Å². The Hall–Kier alpha value is -2.36. The molecule has 1 aromatic carbocycles. The SMILES string of the molecule is CC(C)=C=CCN(C)Cc1ccccc1.O=C(O)C(=O)O. The summed E-state index contributed by atoms with van der Waals surface area (Å²) in [5, 5.41) is 14.8. The first-order valence-electron chi connectivity index (χ1n) is 6.40. The zero-order valence-electron chi connectivity index (χ0n) is 12.5. The molecule has 0 unspecified atom stereocenters. The zero-order valence-corrected chi connectivity index (χ0v) is 12.5. The van der Waals surface area contributed by atoms with Gasteiger partial charge in [-0.1, -0.05) is 30.3 Å². The van der Waals surface area contributed by atoms with Gasteiger partial charge in [0.25, 0.3) is 0 Å². The molecule has 0 saturated carbocycles. The molecule has 0 aliphatic carbocycles. The molecule has 5 heteroatoms. The summed E-state index contributed by atoms with van der Waals surface area (Å²) < 4.78 is 0. The summed E-state index contributed by atoms with van der Waals surface area (Å²) in [7, 11) is 2.12. The van der Waals surface area contributed by atoms with Gasteiger partial charge in [0, 0.05) is 13.1 Å². The molecule has 2 N–H and O–H groups in total. The second-order valence-electron chi connectivity index (χ2n) is 4.64.